The van der Waals surface area contributed by atoms with Gasteiger partial charge >= 0.3 is 0 Å². The van der Waals surface area contributed by atoms with Crippen LogP contribution < -0.4 is 4.74 Å². The van der Waals surface area contributed by atoms with Crippen molar-refractivity contribution in [3.63, 3.8) is 0 Å². The summed E-state index contributed by atoms with van der Waals surface area (Å²) < 4.78 is 7.39. The molecule has 1 unspecified atom stereocenters. The summed E-state index contributed by atoms with van der Waals surface area (Å²) in [6, 6.07) is 26.4. The average Bonchev–Trinajstić information content (AvgIpc) is 2.93. The van der Waals surface area contributed by atoms with Gasteiger partial charge in [-0.05, 0) is 72.2 Å². The summed E-state index contributed by atoms with van der Waals surface area (Å²) >= 11 is 24.1. The van der Waals surface area contributed by atoms with Crippen molar-refractivity contribution in [2.75, 3.05) is 6.61 Å². The minimum Gasteiger partial charge on any atom is -0.789 e. The van der Waals surface area contributed by atoms with Gasteiger partial charge in [-0.3, -0.25) is 0 Å². The van der Waals surface area contributed by atoms with Gasteiger partial charge in [0, 0.05) is 26.3 Å². The van der Waals surface area contributed by atoms with Gasteiger partial charge in [-0.1, -0.05) is 70.2 Å². The van der Waals surface area contributed by atoms with Gasteiger partial charge in [-0.2, -0.15) is 4.91 Å². The van der Waals surface area contributed by atoms with E-state index in [-0.39, 0.29) is 16.5 Å². The molecule has 3 aromatic rings. The Morgan fingerprint density at radius 3 is 1.77 bits per heavy atom. The molecule has 0 spiro atoms. The Morgan fingerprint density at radius 1 is 0.821 bits per heavy atom. The fourth-order valence-electron chi connectivity index (χ4n) is 3.15. The molecule has 214 valence electrons. The van der Waals surface area contributed by atoms with Crippen LogP contribution in [0, 0.1) is 5.92 Å². The normalized spacial score (nSPS) is 12.5. The monoisotopic (exact) mass is 672 g/mol. The molecule has 0 radical (unpaired) electrons. The van der Waals surface area contributed by atoms with E-state index in [4.69, 9.17) is 55.3 Å². The first kappa shape index (κ1) is 36.0. The molecule has 3 aromatic carbocycles. The fraction of sp³-hybridized carbons (Fsp3) is 0.290. The average molecular weight is 674 g/mol. The van der Waals surface area contributed by atoms with E-state index in [1.165, 1.54) is 5.56 Å². The van der Waals surface area contributed by atoms with E-state index in [1.54, 1.807) is 28.9 Å². The van der Waals surface area contributed by atoms with Crippen LogP contribution in [0.15, 0.2) is 103 Å². The van der Waals surface area contributed by atoms with Crippen LogP contribution in [0.2, 0.25) is 0 Å². The van der Waals surface area contributed by atoms with Crippen LogP contribution in [0.5, 0.6) is 5.75 Å². The summed E-state index contributed by atoms with van der Waals surface area (Å²) in [7, 11) is 0. The Morgan fingerprint density at radius 2 is 1.33 bits per heavy atom. The van der Waals surface area contributed by atoms with Crippen molar-refractivity contribution >= 4 is 78.9 Å². The first-order chi connectivity index (χ1) is 18.2. The Balaban J connectivity index is 0.000000382. The Kier molecular flexibility index (Phi) is 18.5. The summed E-state index contributed by atoms with van der Waals surface area (Å²) in [6.07, 6.45) is 2.15. The second kappa shape index (κ2) is 20.0. The van der Waals surface area contributed by atoms with Crippen molar-refractivity contribution in [3.05, 3.63) is 104 Å². The maximum Gasteiger partial charge on any atom is 0.124 e. The van der Waals surface area contributed by atoms with E-state index < -0.39 is 0 Å². The molecule has 1 atom stereocenters. The molecule has 0 aromatic heterocycles. The van der Waals surface area contributed by atoms with Crippen molar-refractivity contribution in [2.24, 2.45) is 5.92 Å². The number of rotatable bonds is 11. The second-order valence-electron chi connectivity index (χ2n) is 8.98. The van der Waals surface area contributed by atoms with Crippen LogP contribution in [-0.4, -0.2) is 6.61 Å². The zero-order chi connectivity index (χ0) is 27.9. The van der Waals surface area contributed by atoms with Crippen LogP contribution >= 0.6 is 23.5 Å². The Hall–Kier alpha value is -0.986. The van der Waals surface area contributed by atoms with Crippen LogP contribution in [0.4, 0.5) is 0 Å². The number of hydrogen-bond donors (Lipinski definition) is 0. The van der Waals surface area contributed by atoms with E-state index in [2.05, 4.69) is 39.8 Å². The van der Waals surface area contributed by atoms with Crippen LogP contribution in [0.1, 0.15) is 57.6 Å². The van der Waals surface area contributed by atoms with Crippen molar-refractivity contribution < 1.29 is 21.2 Å². The van der Waals surface area contributed by atoms with E-state index in [0.29, 0.717) is 23.3 Å². The first-order valence-corrected chi connectivity index (χ1v) is 15.9. The zero-order valence-electron chi connectivity index (χ0n) is 22.5. The summed E-state index contributed by atoms with van der Waals surface area (Å²) in [5, 5.41) is 1.56. The summed E-state index contributed by atoms with van der Waals surface area (Å²) in [6.45, 7) is 9.51. The zero-order valence-corrected chi connectivity index (χ0v) is 28.4. The smallest absolute Gasteiger partial charge is 0.124 e. The summed E-state index contributed by atoms with van der Waals surface area (Å²) in [5.41, 5.74) is 2.24. The largest absolute Gasteiger partial charge is 0.789 e. The predicted octanol–water partition coefficient (Wildman–Crippen LogP) is 9.81. The van der Waals surface area contributed by atoms with Gasteiger partial charge in [-0.25, -0.2) is 5.41 Å². The minimum atomic E-state index is 0. The molecule has 0 bridgehead atoms. The molecule has 0 aliphatic carbocycles. The van der Waals surface area contributed by atoms with Crippen LogP contribution in [-0.2, 0) is 67.0 Å². The summed E-state index contributed by atoms with van der Waals surface area (Å²) in [5.74, 6) is 2.01. The first-order valence-electron chi connectivity index (χ1n) is 12.5. The number of hydrogen-bond acceptors (Lipinski definition) is 7. The van der Waals surface area contributed by atoms with E-state index in [1.807, 2.05) is 66.7 Å². The third-order valence-electron chi connectivity index (χ3n) is 5.58. The van der Waals surface area contributed by atoms with Gasteiger partial charge in [0.1, 0.15) is 5.75 Å². The minimum absolute atomic E-state index is 0. The standard InChI is InChI=1S/C17H26OS2.C14H12S4.Ni/c1-5-13(4)14-6-7-16(18-9-8-12(2)3)15(10-14)17(20)11-19;15-13(17-11-7-3-1-4-8-11)14(16)18-12-9-5-2-6-10-12;/h6-7,10-13,19-20H,5,8-9H2,1-4H3;1-10,15-16H;/p-4/b17-11-;14-13-;. The van der Waals surface area contributed by atoms with Gasteiger partial charge in [-0.15, -0.1) is 32.0 Å². The number of thioether (sulfide) groups is 2. The molecule has 8 heteroatoms. The van der Waals surface area contributed by atoms with Crippen LogP contribution in [0.3, 0.4) is 0 Å². The number of benzene rings is 3. The topological polar surface area (TPSA) is 9.23 Å². The van der Waals surface area contributed by atoms with Gasteiger partial charge in [0.15, 0.2) is 0 Å². The second-order valence-corrected chi connectivity index (χ2v) is 13.2. The third-order valence-corrected chi connectivity index (χ3v) is 9.53. The molecule has 39 heavy (non-hydrogen) atoms. The molecule has 0 fully saturated rings. The number of ether oxygens (including phenoxy) is 1. The molecule has 0 saturated heterocycles. The molecular weight excluding hydrogens is 639 g/mol. The molecule has 1 nitrogen and oxygen atoms in total. The van der Waals surface area contributed by atoms with Crippen molar-refractivity contribution in [1.29, 1.82) is 0 Å². The van der Waals surface area contributed by atoms with Crippen LogP contribution in [0.25, 0.3) is 4.91 Å². The maximum atomic E-state index is 5.89. The van der Waals surface area contributed by atoms with Gasteiger partial charge in [0.25, 0.3) is 0 Å². The van der Waals surface area contributed by atoms with Gasteiger partial charge in [0.2, 0.25) is 0 Å². The molecule has 0 aliphatic rings. The van der Waals surface area contributed by atoms with Crippen molar-refractivity contribution in [1.82, 2.24) is 0 Å². The van der Waals surface area contributed by atoms with Crippen molar-refractivity contribution in [2.45, 2.75) is 56.2 Å². The fourth-order valence-corrected chi connectivity index (χ4v) is 5.70. The Bertz CT molecular complexity index is 1120. The van der Waals surface area contributed by atoms with E-state index >= 15 is 0 Å². The molecule has 0 amide bonds. The van der Waals surface area contributed by atoms with Gasteiger partial charge < -0.3 is 55.3 Å². The predicted molar refractivity (Wildman–Crippen MR) is 179 cm³/mol. The third kappa shape index (κ3) is 13.5. The molecule has 0 aliphatic heterocycles. The summed E-state index contributed by atoms with van der Waals surface area (Å²) in [4.78, 5) is 2.93. The SMILES string of the molecule is CCC(C)c1ccc(OCCC(C)C)c(/C([S-])=C/[S-])c1.[Ni].[S-]/C(Sc1ccccc1)=C(\[S-])Sc1ccccc1. The maximum absolute atomic E-state index is 5.89. The van der Waals surface area contributed by atoms with E-state index in [9.17, 15) is 0 Å². The quantitative estimate of drug-likeness (QED) is 0.112. The Labute approximate surface area is 276 Å². The molecule has 0 N–H and O–H groups in total. The van der Waals surface area contributed by atoms with Gasteiger partial charge in [0.05, 0.1) is 6.61 Å². The van der Waals surface area contributed by atoms with E-state index in [0.717, 1.165) is 42.4 Å². The molecule has 0 saturated carbocycles. The van der Waals surface area contributed by atoms with Crippen molar-refractivity contribution in [3.8, 4) is 5.75 Å². The molecule has 3 rings (SSSR count). The molecular formula is C31H34NiOS6-4. The molecule has 0 heterocycles.